The van der Waals surface area contributed by atoms with Crippen molar-refractivity contribution in [1.82, 2.24) is 4.31 Å². The van der Waals surface area contributed by atoms with Gasteiger partial charge in [-0.05, 0) is 25.1 Å². The maximum atomic E-state index is 12.8. The fourth-order valence-electron chi connectivity index (χ4n) is 2.48. The summed E-state index contributed by atoms with van der Waals surface area (Å²) in [5, 5.41) is 0. The van der Waals surface area contributed by atoms with Crippen LogP contribution in [0.4, 0.5) is 0 Å². The van der Waals surface area contributed by atoms with Gasteiger partial charge in [0.25, 0.3) is 0 Å². The zero-order valence-corrected chi connectivity index (χ0v) is 13.7. The van der Waals surface area contributed by atoms with E-state index in [-0.39, 0.29) is 35.6 Å². The third-order valence-electron chi connectivity index (χ3n) is 4.00. The van der Waals surface area contributed by atoms with E-state index < -0.39 is 10.0 Å². The summed E-state index contributed by atoms with van der Waals surface area (Å²) >= 11 is 0. The molecule has 1 aromatic rings. The van der Waals surface area contributed by atoms with Crippen molar-refractivity contribution < 1.29 is 13.2 Å². The van der Waals surface area contributed by atoms with Crippen LogP contribution in [0.3, 0.4) is 0 Å². The van der Waals surface area contributed by atoms with Gasteiger partial charge in [-0.1, -0.05) is 36.8 Å². The first-order chi connectivity index (χ1) is 10.4. The Morgan fingerprint density at radius 2 is 1.91 bits per heavy atom. The van der Waals surface area contributed by atoms with Crippen molar-refractivity contribution in [2.45, 2.75) is 18.7 Å². The maximum absolute atomic E-state index is 12.8. The highest BCUT2D eigenvalue weighted by Crippen LogP contribution is 2.25. The molecule has 118 valence electrons. The lowest BCUT2D eigenvalue weighted by Crippen LogP contribution is -2.36. The number of carbonyl (C=O) groups excluding carboxylic acids is 1. The van der Waals surface area contributed by atoms with E-state index in [4.69, 9.17) is 0 Å². The highest BCUT2D eigenvalue weighted by molar-refractivity contribution is 7.89. The van der Waals surface area contributed by atoms with Crippen LogP contribution in [0, 0.1) is 18.8 Å². The average Bonchev–Trinajstić information content (AvgIpc) is 2.79. The number of hydrogen-bond donors (Lipinski definition) is 0. The number of aryl methyl sites for hydroxylation is 1. The molecule has 1 aliphatic rings. The normalized spacial score (nSPS) is 21.5. The van der Waals surface area contributed by atoms with E-state index in [0.29, 0.717) is 0 Å². The Kier molecular flexibility index (Phi) is 4.98. The number of benzene rings is 1. The molecule has 0 saturated carbocycles. The van der Waals surface area contributed by atoms with Crippen LogP contribution >= 0.6 is 0 Å². The summed E-state index contributed by atoms with van der Waals surface area (Å²) in [6.07, 6.45) is 4.91. The lowest BCUT2D eigenvalue weighted by atomic mass is 9.97. The van der Waals surface area contributed by atoms with E-state index in [2.05, 4.69) is 6.58 Å². The van der Waals surface area contributed by atoms with Gasteiger partial charge < -0.3 is 0 Å². The summed E-state index contributed by atoms with van der Waals surface area (Å²) in [5.74, 6) is -0.218. The van der Waals surface area contributed by atoms with E-state index in [9.17, 15) is 13.2 Å². The van der Waals surface area contributed by atoms with Gasteiger partial charge in [-0.25, -0.2) is 8.42 Å². The summed E-state index contributed by atoms with van der Waals surface area (Å²) < 4.78 is 26.9. The molecule has 1 aromatic carbocycles. The maximum Gasteiger partial charge on any atom is 0.243 e. The van der Waals surface area contributed by atoms with Crippen LogP contribution in [-0.4, -0.2) is 31.6 Å². The van der Waals surface area contributed by atoms with Crippen LogP contribution < -0.4 is 0 Å². The van der Waals surface area contributed by atoms with Gasteiger partial charge in [0.15, 0.2) is 5.78 Å². The van der Waals surface area contributed by atoms with Crippen LogP contribution in [0.5, 0.6) is 0 Å². The lowest BCUT2D eigenvalue weighted by Gasteiger charge is -2.25. The first-order valence-corrected chi connectivity index (χ1v) is 8.70. The first-order valence-electron chi connectivity index (χ1n) is 7.26. The summed E-state index contributed by atoms with van der Waals surface area (Å²) in [7, 11) is -3.59. The Hall–Kier alpha value is -1.72. The van der Waals surface area contributed by atoms with Gasteiger partial charge in [-0.3, -0.25) is 4.79 Å². The molecule has 22 heavy (non-hydrogen) atoms. The zero-order chi connectivity index (χ0) is 16.3. The first kappa shape index (κ1) is 16.6. The van der Waals surface area contributed by atoms with Gasteiger partial charge in [-0.2, -0.15) is 4.31 Å². The molecular weight excluding hydrogens is 298 g/mol. The molecule has 0 aromatic heterocycles. The monoisotopic (exact) mass is 319 g/mol. The van der Waals surface area contributed by atoms with Gasteiger partial charge in [-0.15, -0.1) is 6.58 Å². The Balaban J connectivity index is 2.26. The van der Waals surface area contributed by atoms with Gasteiger partial charge in [0.1, 0.15) is 0 Å². The van der Waals surface area contributed by atoms with Crippen LogP contribution in [-0.2, 0) is 14.8 Å². The summed E-state index contributed by atoms with van der Waals surface area (Å²) in [6.45, 7) is 7.89. The van der Waals surface area contributed by atoms with Gasteiger partial charge in [0.05, 0.1) is 4.90 Å². The van der Waals surface area contributed by atoms with Crippen molar-refractivity contribution in [1.29, 1.82) is 0 Å². The topological polar surface area (TPSA) is 54.5 Å². The van der Waals surface area contributed by atoms with Gasteiger partial charge in [0.2, 0.25) is 10.0 Å². The number of nitrogens with zero attached hydrogens (tertiary/aromatic N) is 1. The van der Waals surface area contributed by atoms with Crippen LogP contribution in [0.25, 0.3) is 0 Å². The van der Waals surface area contributed by atoms with Crippen LogP contribution in [0.1, 0.15) is 12.5 Å². The Bertz CT molecular complexity index is 689. The second-order valence-electron chi connectivity index (χ2n) is 5.64. The molecule has 0 bridgehead atoms. The standard InChI is InChI=1S/C17H21NO3S/c1-4-11-18(12-15-7-10-17(19)14(15)3)22(20,21)16-8-5-13(2)6-9-16/h4-10,14-15H,1,11-12H2,2-3H3/t14-,15-/m0/s1. The molecule has 0 amide bonds. The smallest absolute Gasteiger partial charge is 0.243 e. The molecule has 2 atom stereocenters. The van der Waals surface area contributed by atoms with Crippen molar-refractivity contribution in [3.63, 3.8) is 0 Å². The van der Waals surface area contributed by atoms with Crippen molar-refractivity contribution >= 4 is 15.8 Å². The lowest BCUT2D eigenvalue weighted by molar-refractivity contribution is -0.117. The molecule has 0 radical (unpaired) electrons. The zero-order valence-electron chi connectivity index (χ0n) is 12.9. The molecule has 0 heterocycles. The van der Waals surface area contributed by atoms with E-state index in [1.807, 2.05) is 13.8 Å². The van der Waals surface area contributed by atoms with E-state index in [0.717, 1.165) is 5.56 Å². The van der Waals surface area contributed by atoms with E-state index in [1.165, 1.54) is 4.31 Å². The number of hydrogen-bond acceptors (Lipinski definition) is 3. The predicted octanol–water partition coefficient (Wildman–Crippen LogP) is 2.56. The van der Waals surface area contributed by atoms with Crippen LogP contribution in [0.15, 0.2) is 54.0 Å². The third-order valence-corrected chi connectivity index (χ3v) is 5.85. The SMILES string of the molecule is C=CCN(C[C@@H]1C=CC(=O)[C@H]1C)S(=O)(=O)c1ccc(C)cc1. The molecule has 1 aliphatic carbocycles. The molecule has 4 nitrogen and oxygen atoms in total. The highest BCUT2D eigenvalue weighted by Gasteiger charge is 2.31. The van der Waals surface area contributed by atoms with E-state index >= 15 is 0 Å². The van der Waals surface area contributed by atoms with Gasteiger partial charge >= 0.3 is 0 Å². The molecular formula is C17H21NO3S. The number of allylic oxidation sites excluding steroid dienone is 1. The van der Waals surface area contributed by atoms with Crippen molar-refractivity contribution in [3.8, 4) is 0 Å². The molecule has 0 saturated heterocycles. The molecule has 0 aliphatic heterocycles. The number of rotatable bonds is 6. The van der Waals surface area contributed by atoms with Crippen molar-refractivity contribution in [3.05, 3.63) is 54.6 Å². The largest absolute Gasteiger partial charge is 0.295 e. The molecule has 5 heteroatoms. The summed E-state index contributed by atoms with van der Waals surface area (Å²) in [5.41, 5.74) is 1.01. The van der Waals surface area contributed by atoms with Crippen molar-refractivity contribution in [2.75, 3.05) is 13.1 Å². The average molecular weight is 319 g/mol. The second-order valence-corrected chi connectivity index (χ2v) is 7.58. The molecule has 0 N–H and O–H groups in total. The van der Waals surface area contributed by atoms with Crippen LogP contribution in [0.2, 0.25) is 0 Å². The van der Waals surface area contributed by atoms with Gasteiger partial charge in [0, 0.05) is 24.9 Å². The second kappa shape index (κ2) is 6.58. The van der Waals surface area contributed by atoms with Crippen molar-refractivity contribution in [2.24, 2.45) is 11.8 Å². The Labute approximate surface area is 132 Å². The highest BCUT2D eigenvalue weighted by atomic mass is 32.2. The summed E-state index contributed by atoms with van der Waals surface area (Å²) in [4.78, 5) is 11.9. The predicted molar refractivity (Wildman–Crippen MR) is 86.9 cm³/mol. The summed E-state index contributed by atoms with van der Waals surface area (Å²) in [6, 6.07) is 6.78. The minimum atomic E-state index is -3.59. The molecule has 0 spiro atoms. The number of sulfonamides is 1. The number of ketones is 1. The molecule has 0 fully saturated rings. The molecule has 0 unspecified atom stereocenters. The quantitative estimate of drug-likeness (QED) is 0.757. The Morgan fingerprint density at radius 1 is 1.27 bits per heavy atom. The van der Waals surface area contributed by atoms with E-state index in [1.54, 1.807) is 42.5 Å². The number of carbonyl (C=O) groups is 1. The fraction of sp³-hybridized carbons (Fsp3) is 0.353. The minimum Gasteiger partial charge on any atom is -0.295 e. The Morgan fingerprint density at radius 3 is 2.41 bits per heavy atom. The molecule has 2 rings (SSSR count). The fourth-order valence-corrected chi connectivity index (χ4v) is 3.92. The minimum absolute atomic E-state index is 0.0521. The third kappa shape index (κ3) is 3.36.